The van der Waals surface area contributed by atoms with E-state index >= 15 is 0 Å². The van der Waals surface area contributed by atoms with Crippen molar-refractivity contribution >= 4 is 27.6 Å². The van der Waals surface area contributed by atoms with E-state index in [9.17, 15) is 13.2 Å². The third kappa shape index (κ3) is 4.98. The number of anilines is 2. The Balaban J connectivity index is 0.00000259. The molecular formula is C23H28N3NaO5S. The smallest absolute Gasteiger partial charge is 0.467 e. The van der Waals surface area contributed by atoms with Crippen LogP contribution in [0.3, 0.4) is 0 Å². The summed E-state index contributed by atoms with van der Waals surface area (Å²) in [6, 6.07) is 2.73. The van der Waals surface area contributed by atoms with Gasteiger partial charge in [-0.1, -0.05) is 6.07 Å². The van der Waals surface area contributed by atoms with Gasteiger partial charge in [-0.05, 0) is 86.2 Å². The molecule has 1 aliphatic heterocycles. The van der Waals surface area contributed by atoms with Crippen LogP contribution in [0.1, 0.15) is 53.7 Å². The Morgan fingerprint density at radius 2 is 1.70 bits per heavy atom. The monoisotopic (exact) mass is 481 g/mol. The average Bonchev–Trinajstić information content (AvgIpc) is 3.49. The van der Waals surface area contributed by atoms with Crippen LogP contribution in [-0.4, -0.2) is 33.7 Å². The number of nitrogens with one attached hydrogen (secondary N) is 1. The summed E-state index contributed by atoms with van der Waals surface area (Å²) >= 11 is 0. The topological polar surface area (TPSA) is 103 Å². The molecule has 2 aliphatic carbocycles. The van der Waals surface area contributed by atoms with Gasteiger partial charge in [0.15, 0.2) is 6.03 Å². The van der Waals surface area contributed by atoms with E-state index in [4.69, 9.17) is 9.15 Å². The number of carbonyl (C=O) groups is 1. The number of rotatable bonds is 5. The number of hydrogen-bond acceptors (Lipinski definition) is 5. The zero-order chi connectivity index (χ0) is 22.3. The molecule has 2 aromatic rings. The van der Waals surface area contributed by atoms with Crippen LogP contribution < -0.4 is 39.2 Å². The van der Waals surface area contributed by atoms with Gasteiger partial charge in [0, 0.05) is 25.3 Å². The van der Waals surface area contributed by atoms with Crippen LogP contribution in [0.2, 0.25) is 0 Å². The van der Waals surface area contributed by atoms with Crippen molar-refractivity contribution in [2.24, 2.45) is 0 Å². The Morgan fingerprint density at radius 3 is 2.27 bits per heavy atom. The Labute approximate surface area is 216 Å². The number of aryl methyl sites for hydroxylation is 3. The summed E-state index contributed by atoms with van der Waals surface area (Å²) in [6.07, 6.45) is 8.34. The fourth-order valence-electron chi connectivity index (χ4n) is 5.24. The van der Waals surface area contributed by atoms with Crippen LogP contribution in [0.15, 0.2) is 22.8 Å². The van der Waals surface area contributed by atoms with Gasteiger partial charge in [-0.25, -0.2) is 8.42 Å². The van der Waals surface area contributed by atoms with Crippen LogP contribution in [0.25, 0.3) is 4.72 Å². The largest absolute Gasteiger partial charge is 1.00 e. The maximum atomic E-state index is 13.3. The van der Waals surface area contributed by atoms with Crippen molar-refractivity contribution in [1.29, 1.82) is 0 Å². The number of amides is 2. The molecular weight excluding hydrogens is 453 g/mol. The molecule has 5 rings (SSSR count). The third-order valence-electron chi connectivity index (χ3n) is 6.65. The van der Waals surface area contributed by atoms with Gasteiger partial charge in [-0.2, -0.15) is 0 Å². The maximum absolute atomic E-state index is 13.3. The summed E-state index contributed by atoms with van der Waals surface area (Å²) in [5.41, 5.74) is 5.97. The molecule has 0 radical (unpaired) electrons. The van der Waals surface area contributed by atoms with Gasteiger partial charge in [-0.3, -0.25) is 9.10 Å². The van der Waals surface area contributed by atoms with Crippen LogP contribution in [0.4, 0.5) is 16.2 Å². The Bertz CT molecular complexity index is 1110. The molecule has 0 unspecified atom stereocenters. The van der Waals surface area contributed by atoms with E-state index in [1.54, 1.807) is 13.0 Å². The molecule has 0 spiro atoms. The predicted molar refractivity (Wildman–Crippen MR) is 122 cm³/mol. The molecule has 172 valence electrons. The molecule has 1 N–H and O–H groups in total. The van der Waals surface area contributed by atoms with Crippen molar-refractivity contribution in [2.75, 3.05) is 22.8 Å². The Morgan fingerprint density at radius 1 is 1.06 bits per heavy atom. The Hall–Kier alpha value is -1.52. The number of carbonyl (C=O) groups excluding carboxylic acids is 1. The number of ether oxygens (including phenoxy) is 1. The predicted octanol–water partition coefficient (Wildman–Crippen LogP) is 1.41. The first-order valence-electron chi connectivity index (χ1n) is 11.3. The number of fused-ring (bicyclic) bond motifs is 2. The summed E-state index contributed by atoms with van der Waals surface area (Å²) in [6.45, 7) is 2.67. The van der Waals surface area contributed by atoms with E-state index in [1.807, 2.05) is 0 Å². The molecule has 0 atom stereocenters. The molecule has 10 heteroatoms. The zero-order valence-electron chi connectivity index (χ0n) is 19.2. The quantitative estimate of drug-likeness (QED) is 0.651. The van der Waals surface area contributed by atoms with Crippen molar-refractivity contribution in [3.8, 4) is 0 Å². The second-order valence-electron chi connectivity index (χ2n) is 8.79. The van der Waals surface area contributed by atoms with Gasteiger partial charge in [0.1, 0.15) is 12.0 Å². The van der Waals surface area contributed by atoms with Crippen LogP contribution in [-0.2, 0) is 40.6 Å². The third-order valence-corrected chi connectivity index (χ3v) is 8.05. The average molecular weight is 482 g/mol. The van der Waals surface area contributed by atoms with Crippen molar-refractivity contribution < 1.29 is 51.9 Å². The van der Waals surface area contributed by atoms with Gasteiger partial charge >= 0.3 is 29.6 Å². The fourth-order valence-corrected chi connectivity index (χ4v) is 6.54. The first-order chi connectivity index (χ1) is 15.4. The normalized spacial score (nSPS) is 17.7. The fraction of sp³-hybridized carbons (Fsp3) is 0.522. The molecule has 0 bridgehead atoms. The van der Waals surface area contributed by atoms with E-state index in [1.165, 1.54) is 21.7 Å². The minimum absolute atomic E-state index is 0. The molecule has 0 saturated carbocycles. The van der Waals surface area contributed by atoms with E-state index in [-0.39, 0.29) is 35.6 Å². The molecule has 33 heavy (non-hydrogen) atoms. The summed E-state index contributed by atoms with van der Waals surface area (Å²) in [4.78, 5) is 12.9. The number of nitrogens with zero attached hydrogens (tertiary/aromatic N) is 2. The van der Waals surface area contributed by atoms with Gasteiger partial charge in [0.05, 0.1) is 5.69 Å². The summed E-state index contributed by atoms with van der Waals surface area (Å²) in [5, 5.41) is 2.85. The van der Waals surface area contributed by atoms with E-state index in [2.05, 4.69) is 16.1 Å². The molecule has 8 nitrogen and oxygen atoms in total. The standard InChI is InChI=1S/C23H29N3O5S.Na/c1-15-12-19(14-31-15)26(18-8-10-30-11-9-18)32(28,29)25-23(27)24-22-20-6-2-4-16(20)13-17-5-3-7-21(17)22;/h12-14,18H,2-11H2,1H3,(H2,24,25,27);/q;+1/p-1. The molecule has 2 amide bonds. The molecule has 3 aliphatic rings. The summed E-state index contributed by atoms with van der Waals surface area (Å²) in [7, 11) is -4.28. The number of benzene rings is 1. The summed E-state index contributed by atoms with van der Waals surface area (Å²) < 4.78 is 42.3. The van der Waals surface area contributed by atoms with Crippen LogP contribution >= 0.6 is 0 Å². The zero-order valence-corrected chi connectivity index (χ0v) is 22.0. The van der Waals surface area contributed by atoms with Gasteiger partial charge in [0.2, 0.25) is 0 Å². The van der Waals surface area contributed by atoms with Crippen LogP contribution in [0, 0.1) is 6.92 Å². The summed E-state index contributed by atoms with van der Waals surface area (Å²) in [5.74, 6) is 0.590. The van der Waals surface area contributed by atoms with Crippen molar-refractivity contribution in [1.82, 2.24) is 0 Å². The number of hydrogen-bond donors (Lipinski definition) is 1. The van der Waals surface area contributed by atoms with Gasteiger partial charge in [-0.15, -0.1) is 0 Å². The van der Waals surface area contributed by atoms with E-state index < -0.39 is 16.2 Å². The van der Waals surface area contributed by atoms with Gasteiger partial charge in [0.25, 0.3) is 10.2 Å². The van der Waals surface area contributed by atoms with Crippen molar-refractivity contribution in [3.63, 3.8) is 0 Å². The molecule has 1 aromatic carbocycles. The molecule has 1 fully saturated rings. The van der Waals surface area contributed by atoms with E-state index in [0.29, 0.717) is 37.5 Å². The van der Waals surface area contributed by atoms with Gasteiger partial charge < -0.3 is 19.2 Å². The van der Waals surface area contributed by atoms with E-state index in [0.717, 1.165) is 55.3 Å². The molecule has 1 aromatic heterocycles. The minimum Gasteiger partial charge on any atom is -0.467 e. The van der Waals surface area contributed by atoms with Crippen molar-refractivity contribution in [3.05, 3.63) is 51.1 Å². The number of urea groups is 1. The van der Waals surface area contributed by atoms with Crippen molar-refractivity contribution in [2.45, 2.75) is 64.3 Å². The molecule has 1 saturated heterocycles. The van der Waals surface area contributed by atoms with Crippen LogP contribution in [0.5, 0.6) is 0 Å². The second-order valence-corrected chi connectivity index (χ2v) is 10.3. The Kier molecular flexibility index (Phi) is 7.45. The molecule has 2 heterocycles. The SMILES string of the molecule is Cc1cc(N(C2CCOCC2)S(=O)(=O)[N-]C(=O)Nc2c3c(cc4c2CCC4)CCC3)co1.[Na+]. The first kappa shape index (κ1) is 24.6. The maximum Gasteiger partial charge on any atom is 1.00 e. The first-order valence-corrected chi connectivity index (χ1v) is 12.7. The number of furan rings is 1. The minimum atomic E-state index is -4.28. The second kappa shape index (κ2) is 10.00.